The first-order valence-electron chi connectivity index (χ1n) is 5.95. The third kappa shape index (κ3) is 3.13. The average molecular weight is 326 g/mol. The first-order chi connectivity index (χ1) is 8.99. The maximum absolute atomic E-state index is 13.8. The van der Waals surface area contributed by atoms with Gasteiger partial charge in [0.1, 0.15) is 11.6 Å². The third-order valence-corrected chi connectivity index (χ3v) is 3.51. The minimum absolute atomic E-state index is 0.316. The molecule has 0 spiro atoms. The molecule has 19 heavy (non-hydrogen) atoms. The monoisotopic (exact) mass is 325 g/mol. The van der Waals surface area contributed by atoms with Crippen LogP contribution in [0.25, 0.3) is 0 Å². The summed E-state index contributed by atoms with van der Waals surface area (Å²) < 4.78 is 28.3. The molecule has 0 heterocycles. The first-order valence-corrected chi connectivity index (χ1v) is 6.75. The van der Waals surface area contributed by atoms with Gasteiger partial charge in [0, 0.05) is 10.0 Å². The van der Waals surface area contributed by atoms with Crippen LogP contribution in [0.5, 0.6) is 0 Å². The quantitative estimate of drug-likeness (QED) is 0.816. The van der Waals surface area contributed by atoms with Crippen LogP contribution in [-0.2, 0) is 0 Å². The SMILES string of the molecule is Cc1cccc(F)c1NC(C)c1ccc(Br)cc1F. The van der Waals surface area contributed by atoms with E-state index in [1.807, 2.05) is 13.0 Å². The molecule has 2 rings (SSSR count). The Bertz CT molecular complexity index is 578. The molecule has 0 aliphatic rings. The highest BCUT2D eigenvalue weighted by atomic mass is 79.9. The fraction of sp³-hybridized carbons (Fsp3) is 0.200. The number of anilines is 1. The van der Waals surface area contributed by atoms with Crippen molar-refractivity contribution in [3.63, 3.8) is 0 Å². The Kier molecular flexibility index (Phi) is 4.20. The molecular weight excluding hydrogens is 312 g/mol. The van der Waals surface area contributed by atoms with Crippen LogP contribution in [0, 0.1) is 18.6 Å². The van der Waals surface area contributed by atoms with E-state index in [-0.39, 0.29) is 17.7 Å². The molecule has 0 saturated heterocycles. The van der Waals surface area contributed by atoms with E-state index >= 15 is 0 Å². The minimum atomic E-state index is -0.329. The van der Waals surface area contributed by atoms with Crippen molar-refractivity contribution in [1.29, 1.82) is 0 Å². The number of rotatable bonds is 3. The lowest BCUT2D eigenvalue weighted by atomic mass is 10.1. The van der Waals surface area contributed by atoms with E-state index < -0.39 is 0 Å². The van der Waals surface area contributed by atoms with Gasteiger partial charge in [0.15, 0.2) is 0 Å². The lowest BCUT2D eigenvalue weighted by molar-refractivity contribution is 0.595. The molecule has 2 aromatic carbocycles. The van der Waals surface area contributed by atoms with E-state index in [2.05, 4.69) is 21.2 Å². The second-order valence-corrected chi connectivity index (χ2v) is 5.38. The molecule has 1 unspecified atom stereocenters. The molecule has 0 radical (unpaired) electrons. The number of para-hydroxylation sites is 1. The fourth-order valence-electron chi connectivity index (χ4n) is 1.96. The summed E-state index contributed by atoms with van der Waals surface area (Å²) in [4.78, 5) is 0. The Labute approximate surface area is 119 Å². The van der Waals surface area contributed by atoms with Gasteiger partial charge >= 0.3 is 0 Å². The van der Waals surface area contributed by atoms with Crippen molar-refractivity contribution in [3.8, 4) is 0 Å². The second kappa shape index (κ2) is 5.70. The fourth-order valence-corrected chi connectivity index (χ4v) is 2.29. The molecule has 0 aromatic heterocycles. The maximum Gasteiger partial charge on any atom is 0.146 e. The number of halogens is 3. The van der Waals surface area contributed by atoms with Gasteiger partial charge in [0.2, 0.25) is 0 Å². The van der Waals surface area contributed by atoms with E-state index in [0.29, 0.717) is 15.7 Å². The smallest absolute Gasteiger partial charge is 0.146 e. The van der Waals surface area contributed by atoms with Gasteiger partial charge in [-0.3, -0.25) is 0 Å². The Hall–Kier alpha value is -1.42. The predicted octanol–water partition coefficient (Wildman–Crippen LogP) is 5.21. The van der Waals surface area contributed by atoms with E-state index in [9.17, 15) is 8.78 Å². The van der Waals surface area contributed by atoms with E-state index in [4.69, 9.17) is 0 Å². The second-order valence-electron chi connectivity index (χ2n) is 4.46. The molecule has 1 nitrogen and oxygen atoms in total. The number of aryl methyl sites for hydroxylation is 1. The molecule has 1 N–H and O–H groups in total. The van der Waals surface area contributed by atoms with Crippen molar-refractivity contribution < 1.29 is 8.78 Å². The maximum atomic E-state index is 13.8. The van der Waals surface area contributed by atoms with Crippen molar-refractivity contribution in [3.05, 3.63) is 63.6 Å². The van der Waals surface area contributed by atoms with Crippen molar-refractivity contribution in [2.45, 2.75) is 19.9 Å². The molecule has 0 bridgehead atoms. The first kappa shape index (κ1) is 14.0. The molecule has 0 aliphatic carbocycles. The number of nitrogens with one attached hydrogen (secondary N) is 1. The lowest BCUT2D eigenvalue weighted by Gasteiger charge is -2.18. The molecular formula is C15H14BrF2N. The zero-order valence-corrected chi connectivity index (χ0v) is 12.3. The molecule has 1 atom stereocenters. The zero-order chi connectivity index (χ0) is 14.0. The van der Waals surface area contributed by atoms with Crippen LogP contribution in [0.4, 0.5) is 14.5 Å². The highest BCUT2D eigenvalue weighted by Gasteiger charge is 2.14. The standard InChI is InChI=1S/C15H14BrF2N/c1-9-4-3-5-13(17)15(9)19-10(2)12-7-6-11(16)8-14(12)18/h3-8,10,19H,1-2H3. The van der Waals surface area contributed by atoms with E-state index in [1.165, 1.54) is 12.1 Å². The number of hydrogen-bond donors (Lipinski definition) is 1. The summed E-state index contributed by atoms with van der Waals surface area (Å²) in [5.74, 6) is -0.646. The summed E-state index contributed by atoms with van der Waals surface area (Å²) in [6.45, 7) is 3.62. The van der Waals surface area contributed by atoms with Gasteiger partial charge in [-0.2, -0.15) is 0 Å². The molecule has 0 aliphatic heterocycles. The van der Waals surface area contributed by atoms with Crippen LogP contribution < -0.4 is 5.32 Å². The summed E-state index contributed by atoms with van der Waals surface area (Å²) in [5.41, 5.74) is 1.72. The zero-order valence-electron chi connectivity index (χ0n) is 10.7. The van der Waals surface area contributed by atoms with Gasteiger partial charge < -0.3 is 5.32 Å². The van der Waals surface area contributed by atoms with E-state index in [0.717, 1.165) is 5.56 Å². The van der Waals surface area contributed by atoms with Crippen LogP contribution in [-0.4, -0.2) is 0 Å². The van der Waals surface area contributed by atoms with Gasteiger partial charge in [-0.1, -0.05) is 34.1 Å². The van der Waals surface area contributed by atoms with Crippen LogP contribution in [0.2, 0.25) is 0 Å². The molecule has 0 saturated carbocycles. The summed E-state index contributed by atoms with van der Waals surface area (Å²) in [5, 5.41) is 3.02. The summed E-state index contributed by atoms with van der Waals surface area (Å²) >= 11 is 3.22. The van der Waals surface area contributed by atoms with Gasteiger partial charge in [-0.05, 0) is 37.6 Å². The molecule has 4 heteroatoms. The summed E-state index contributed by atoms with van der Waals surface area (Å²) in [6.07, 6.45) is 0. The largest absolute Gasteiger partial charge is 0.376 e. The Balaban J connectivity index is 2.28. The van der Waals surface area contributed by atoms with Gasteiger partial charge in [0.05, 0.1) is 11.7 Å². The summed E-state index contributed by atoms with van der Waals surface area (Å²) in [7, 11) is 0. The van der Waals surface area contributed by atoms with Crippen molar-refractivity contribution in [2.24, 2.45) is 0 Å². The van der Waals surface area contributed by atoms with Crippen LogP contribution in [0.1, 0.15) is 24.1 Å². The topological polar surface area (TPSA) is 12.0 Å². The van der Waals surface area contributed by atoms with Crippen LogP contribution in [0.3, 0.4) is 0 Å². The van der Waals surface area contributed by atoms with Gasteiger partial charge in [-0.25, -0.2) is 8.78 Å². The normalized spacial score (nSPS) is 12.3. The highest BCUT2D eigenvalue weighted by molar-refractivity contribution is 9.10. The average Bonchev–Trinajstić information content (AvgIpc) is 2.33. The van der Waals surface area contributed by atoms with Gasteiger partial charge in [-0.15, -0.1) is 0 Å². The number of hydrogen-bond acceptors (Lipinski definition) is 1. The van der Waals surface area contributed by atoms with E-state index in [1.54, 1.807) is 25.1 Å². The molecule has 2 aromatic rings. The van der Waals surface area contributed by atoms with Crippen molar-refractivity contribution >= 4 is 21.6 Å². The molecule has 100 valence electrons. The molecule has 0 amide bonds. The Morgan fingerprint density at radius 2 is 1.84 bits per heavy atom. The predicted molar refractivity (Wildman–Crippen MR) is 77.3 cm³/mol. The lowest BCUT2D eigenvalue weighted by Crippen LogP contribution is -2.10. The summed E-state index contributed by atoms with van der Waals surface area (Å²) in [6, 6.07) is 9.40. The van der Waals surface area contributed by atoms with Crippen LogP contribution >= 0.6 is 15.9 Å². The third-order valence-electron chi connectivity index (χ3n) is 3.01. The van der Waals surface area contributed by atoms with Crippen molar-refractivity contribution in [2.75, 3.05) is 5.32 Å². The van der Waals surface area contributed by atoms with Gasteiger partial charge in [0.25, 0.3) is 0 Å². The highest BCUT2D eigenvalue weighted by Crippen LogP contribution is 2.27. The Morgan fingerprint density at radius 3 is 2.47 bits per heavy atom. The Morgan fingerprint density at radius 1 is 1.11 bits per heavy atom. The molecule has 0 fully saturated rings. The number of benzene rings is 2. The van der Waals surface area contributed by atoms with Crippen LogP contribution in [0.15, 0.2) is 40.9 Å². The van der Waals surface area contributed by atoms with Crippen molar-refractivity contribution in [1.82, 2.24) is 0 Å². The minimum Gasteiger partial charge on any atom is -0.376 e.